The normalized spacial score (nSPS) is 12.1. The molecule has 0 fully saturated rings. The van der Waals surface area contributed by atoms with E-state index in [-0.39, 0.29) is 5.78 Å². The molecular formula is C13H17NO. The first-order valence-electron chi connectivity index (χ1n) is 5.18. The summed E-state index contributed by atoms with van der Waals surface area (Å²) in [6.07, 6.45) is 3.12. The van der Waals surface area contributed by atoms with Crippen LogP contribution >= 0.6 is 0 Å². The van der Waals surface area contributed by atoms with Crippen LogP contribution in [0.4, 0.5) is 0 Å². The first-order valence-corrected chi connectivity index (χ1v) is 5.18. The molecule has 0 aliphatic carbocycles. The summed E-state index contributed by atoms with van der Waals surface area (Å²) in [6, 6.07) is 7.16. The lowest BCUT2D eigenvalue weighted by molar-refractivity contribution is 0.0962. The van der Waals surface area contributed by atoms with Gasteiger partial charge in [-0.05, 0) is 24.5 Å². The van der Waals surface area contributed by atoms with E-state index >= 15 is 0 Å². The third-order valence-corrected chi connectivity index (χ3v) is 2.38. The Morgan fingerprint density at radius 3 is 2.93 bits per heavy atom. The van der Waals surface area contributed by atoms with Gasteiger partial charge in [-0.15, -0.1) is 6.58 Å². The lowest BCUT2D eigenvalue weighted by Gasteiger charge is -2.08. The molecule has 2 nitrogen and oxygen atoms in total. The average molecular weight is 203 g/mol. The second kappa shape index (κ2) is 5.47. The van der Waals surface area contributed by atoms with Gasteiger partial charge in [-0.25, -0.2) is 0 Å². The van der Waals surface area contributed by atoms with Gasteiger partial charge in [-0.1, -0.05) is 31.2 Å². The number of carbonyl (C=O) groups is 1. The smallest absolute Gasteiger partial charge is 0.179 e. The number of rotatable bonds is 5. The minimum absolute atomic E-state index is 0.00907. The molecule has 1 atom stereocenters. The van der Waals surface area contributed by atoms with Crippen molar-refractivity contribution in [3.05, 3.63) is 48.0 Å². The van der Waals surface area contributed by atoms with E-state index in [1.165, 1.54) is 0 Å². The van der Waals surface area contributed by atoms with Crippen molar-refractivity contribution in [3.8, 4) is 0 Å². The number of Topliss-reactive ketones (excluding diaryl/α,β-unsaturated/α-hetero) is 1. The van der Waals surface area contributed by atoms with Crippen molar-refractivity contribution < 1.29 is 4.79 Å². The molecule has 0 aliphatic heterocycles. The maximum atomic E-state index is 11.8. The number of hydrogen-bond acceptors (Lipinski definition) is 2. The molecule has 0 amide bonds. The number of benzene rings is 1. The lowest BCUT2D eigenvalue weighted by atomic mass is 10.00. The van der Waals surface area contributed by atoms with Crippen molar-refractivity contribution in [2.75, 3.05) is 0 Å². The maximum Gasteiger partial charge on any atom is 0.179 e. The molecular weight excluding hydrogens is 186 g/mol. The molecule has 1 rings (SSSR count). The van der Waals surface area contributed by atoms with Crippen molar-refractivity contribution in [2.45, 2.75) is 25.8 Å². The summed E-state index contributed by atoms with van der Waals surface area (Å²) >= 11 is 0. The standard InChI is InChI=1S/C13H17NO/c1-3-6-12(14)13(15)11-8-5-7-10(4-2)9-11/h3,5,7-9,12H,1,4,6,14H2,2H3. The van der Waals surface area contributed by atoms with Crippen LogP contribution in [0, 0.1) is 0 Å². The van der Waals surface area contributed by atoms with Gasteiger partial charge >= 0.3 is 0 Å². The molecule has 0 saturated heterocycles. The van der Waals surface area contributed by atoms with Crippen molar-refractivity contribution >= 4 is 5.78 Å². The summed E-state index contributed by atoms with van der Waals surface area (Å²) in [7, 11) is 0. The zero-order valence-corrected chi connectivity index (χ0v) is 9.07. The second-order valence-electron chi connectivity index (χ2n) is 3.55. The van der Waals surface area contributed by atoms with E-state index < -0.39 is 6.04 Å². The molecule has 1 aromatic rings. The minimum Gasteiger partial charge on any atom is -0.321 e. The number of hydrogen-bond donors (Lipinski definition) is 1. The van der Waals surface area contributed by atoms with Crippen LogP contribution in [-0.4, -0.2) is 11.8 Å². The number of carbonyl (C=O) groups excluding carboxylic acids is 1. The highest BCUT2D eigenvalue weighted by Crippen LogP contribution is 2.09. The van der Waals surface area contributed by atoms with Crippen LogP contribution < -0.4 is 5.73 Å². The highest BCUT2D eigenvalue weighted by Gasteiger charge is 2.13. The third kappa shape index (κ3) is 3.03. The van der Waals surface area contributed by atoms with Crippen LogP contribution in [0.25, 0.3) is 0 Å². The Labute approximate surface area is 90.8 Å². The van der Waals surface area contributed by atoms with Gasteiger partial charge in [0.25, 0.3) is 0 Å². The maximum absolute atomic E-state index is 11.8. The van der Waals surface area contributed by atoms with Crippen molar-refractivity contribution in [1.82, 2.24) is 0 Å². The van der Waals surface area contributed by atoms with Gasteiger partial charge in [0.05, 0.1) is 6.04 Å². The monoisotopic (exact) mass is 203 g/mol. The van der Waals surface area contributed by atoms with Crippen LogP contribution in [0.2, 0.25) is 0 Å². The molecule has 1 aromatic carbocycles. The predicted octanol–water partition coefficient (Wildman–Crippen LogP) is 2.34. The average Bonchev–Trinajstić information content (AvgIpc) is 2.28. The fraction of sp³-hybridized carbons (Fsp3) is 0.308. The van der Waals surface area contributed by atoms with Gasteiger partial charge in [0.15, 0.2) is 5.78 Å². The Kier molecular flexibility index (Phi) is 4.25. The minimum atomic E-state index is -0.463. The molecule has 0 saturated carbocycles. The second-order valence-corrected chi connectivity index (χ2v) is 3.55. The molecule has 0 spiro atoms. The van der Waals surface area contributed by atoms with E-state index in [4.69, 9.17) is 5.73 Å². The van der Waals surface area contributed by atoms with Crippen LogP contribution in [0.1, 0.15) is 29.3 Å². The molecule has 2 heteroatoms. The molecule has 0 aromatic heterocycles. The molecule has 80 valence electrons. The van der Waals surface area contributed by atoms with Crippen molar-refractivity contribution in [3.63, 3.8) is 0 Å². The molecule has 1 unspecified atom stereocenters. The first-order chi connectivity index (χ1) is 7.19. The number of ketones is 1. The quantitative estimate of drug-likeness (QED) is 0.589. The Bertz CT molecular complexity index is 357. The highest BCUT2D eigenvalue weighted by molar-refractivity contribution is 6.00. The number of aryl methyl sites for hydroxylation is 1. The van der Waals surface area contributed by atoms with Crippen LogP contribution in [0.15, 0.2) is 36.9 Å². The zero-order valence-electron chi connectivity index (χ0n) is 9.07. The molecule has 0 bridgehead atoms. The topological polar surface area (TPSA) is 43.1 Å². The van der Waals surface area contributed by atoms with E-state index in [0.29, 0.717) is 12.0 Å². The molecule has 15 heavy (non-hydrogen) atoms. The van der Waals surface area contributed by atoms with Crippen LogP contribution in [0.5, 0.6) is 0 Å². The summed E-state index contributed by atoms with van der Waals surface area (Å²) in [5, 5.41) is 0. The molecule has 0 aliphatic rings. The van der Waals surface area contributed by atoms with Gasteiger partial charge in [0.2, 0.25) is 0 Å². The van der Waals surface area contributed by atoms with Crippen LogP contribution in [0.3, 0.4) is 0 Å². The van der Waals surface area contributed by atoms with Gasteiger partial charge in [-0.3, -0.25) is 4.79 Å². The Morgan fingerprint density at radius 2 is 2.33 bits per heavy atom. The Morgan fingerprint density at radius 1 is 1.60 bits per heavy atom. The first kappa shape index (κ1) is 11.7. The summed E-state index contributed by atoms with van der Waals surface area (Å²) < 4.78 is 0. The third-order valence-electron chi connectivity index (χ3n) is 2.38. The zero-order chi connectivity index (χ0) is 11.3. The summed E-state index contributed by atoms with van der Waals surface area (Å²) in [5.41, 5.74) is 7.59. The van der Waals surface area contributed by atoms with Crippen molar-refractivity contribution in [1.29, 1.82) is 0 Å². The van der Waals surface area contributed by atoms with E-state index in [1.807, 2.05) is 24.3 Å². The fourth-order valence-electron chi connectivity index (χ4n) is 1.45. The van der Waals surface area contributed by atoms with Crippen molar-refractivity contribution in [2.24, 2.45) is 5.73 Å². The van der Waals surface area contributed by atoms with E-state index in [9.17, 15) is 4.79 Å². The Balaban J connectivity index is 2.85. The van der Waals surface area contributed by atoms with Gasteiger partial charge in [0, 0.05) is 5.56 Å². The van der Waals surface area contributed by atoms with E-state index in [1.54, 1.807) is 6.08 Å². The SMILES string of the molecule is C=CCC(N)C(=O)c1cccc(CC)c1. The van der Waals surface area contributed by atoms with E-state index in [0.717, 1.165) is 12.0 Å². The molecule has 2 N–H and O–H groups in total. The molecule has 0 heterocycles. The van der Waals surface area contributed by atoms with Crippen LogP contribution in [-0.2, 0) is 6.42 Å². The van der Waals surface area contributed by atoms with Gasteiger partial charge < -0.3 is 5.73 Å². The fourth-order valence-corrected chi connectivity index (χ4v) is 1.45. The van der Waals surface area contributed by atoms with Gasteiger partial charge in [0.1, 0.15) is 0 Å². The lowest BCUT2D eigenvalue weighted by Crippen LogP contribution is -2.29. The molecule has 0 radical (unpaired) electrons. The van der Waals surface area contributed by atoms with E-state index in [2.05, 4.69) is 13.5 Å². The summed E-state index contributed by atoms with van der Waals surface area (Å²) in [6.45, 7) is 5.64. The number of nitrogens with two attached hydrogens (primary N) is 1. The Hall–Kier alpha value is -1.41. The predicted molar refractivity (Wildman–Crippen MR) is 62.9 cm³/mol. The van der Waals surface area contributed by atoms with Gasteiger partial charge in [-0.2, -0.15) is 0 Å². The summed E-state index contributed by atoms with van der Waals surface area (Å²) in [5.74, 6) is -0.00907. The summed E-state index contributed by atoms with van der Waals surface area (Å²) in [4.78, 5) is 11.8. The largest absolute Gasteiger partial charge is 0.321 e. The highest BCUT2D eigenvalue weighted by atomic mass is 16.1.